The number of hydrogen-bond acceptors (Lipinski definition) is 3. The summed E-state index contributed by atoms with van der Waals surface area (Å²) in [4.78, 5) is 24.7. The molecule has 0 aliphatic rings. The Balaban J connectivity index is 1.72. The minimum Gasteiger partial charge on any atom is -0.399 e. The summed E-state index contributed by atoms with van der Waals surface area (Å²) in [5.41, 5.74) is 9.51. The molecular formula is C21H19N3O2. The largest absolute Gasteiger partial charge is 0.399 e. The van der Waals surface area contributed by atoms with Gasteiger partial charge in [0.05, 0.1) is 0 Å². The molecule has 26 heavy (non-hydrogen) atoms. The fourth-order valence-electron chi connectivity index (χ4n) is 2.46. The van der Waals surface area contributed by atoms with Gasteiger partial charge in [0.2, 0.25) is 0 Å². The van der Waals surface area contributed by atoms with Crippen LogP contribution in [0.5, 0.6) is 0 Å². The molecule has 0 fully saturated rings. The van der Waals surface area contributed by atoms with E-state index in [1.165, 1.54) is 0 Å². The number of amides is 2. The van der Waals surface area contributed by atoms with Crippen LogP contribution < -0.4 is 16.4 Å². The molecule has 0 unspecified atom stereocenters. The number of nitrogen functional groups attached to an aromatic ring is 1. The monoisotopic (exact) mass is 345 g/mol. The van der Waals surface area contributed by atoms with E-state index in [1.54, 1.807) is 48.5 Å². The van der Waals surface area contributed by atoms with Crippen LogP contribution in [0.2, 0.25) is 0 Å². The first-order valence-corrected chi connectivity index (χ1v) is 8.16. The summed E-state index contributed by atoms with van der Waals surface area (Å²) in [6.07, 6.45) is 0. The second-order valence-electron chi connectivity index (χ2n) is 5.98. The molecule has 4 N–H and O–H groups in total. The van der Waals surface area contributed by atoms with Crippen molar-refractivity contribution < 1.29 is 9.59 Å². The topological polar surface area (TPSA) is 84.2 Å². The summed E-state index contributed by atoms with van der Waals surface area (Å²) in [6.45, 7) is 1.98. The van der Waals surface area contributed by atoms with Crippen molar-refractivity contribution in [1.82, 2.24) is 0 Å². The van der Waals surface area contributed by atoms with Gasteiger partial charge in [0.25, 0.3) is 11.8 Å². The molecule has 0 saturated heterocycles. The molecule has 5 nitrogen and oxygen atoms in total. The lowest BCUT2D eigenvalue weighted by molar-refractivity contribution is 0.101. The Kier molecular flexibility index (Phi) is 4.99. The molecule has 0 saturated carbocycles. The van der Waals surface area contributed by atoms with Gasteiger partial charge in [-0.1, -0.05) is 29.8 Å². The van der Waals surface area contributed by atoms with Crippen molar-refractivity contribution in [1.29, 1.82) is 0 Å². The van der Waals surface area contributed by atoms with Crippen molar-refractivity contribution in [3.63, 3.8) is 0 Å². The molecule has 0 radical (unpaired) electrons. The Hall–Kier alpha value is -3.60. The van der Waals surface area contributed by atoms with E-state index in [4.69, 9.17) is 5.73 Å². The molecule has 3 rings (SSSR count). The van der Waals surface area contributed by atoms with Crippen LogP contribution in [0.4, 0.5) is 17.1 Å². The predicted molar refractivity (Wildman–Crippen MR) is 104 cm³/mol. The molecule has 2 amide bonds. The smallest absolute Gasteiger partial charge is 0.255 e. The molecular weight excluding hydrogens is 326 g/mol. The van der Waals surface area contributed by atoms with E-state index >= 15 is 0 Å². The van der Waals surface area contributed by atoms with Crippen LogP contribution in [0.15, 0.2) is 72.8 Å². The van der Waals surface area contributed by atoms with Gasteiger partial charge >= 0.3 is 0 Å². The maximum absolute atomic E-state index is 12.4. The minimum absolute atomic E-state index is 0.242. The molecule has 0 aromatic heterocycles. The van der Waals surface area contributed by atoms with E-state index in [9.17, 15) is 9.59 Å². The van der Waals surface area contributed by atoms with Crippen molar-refractivity contribution >= 4 is 28.9 Å². The van der Waals surface area contributed by atoms with E-state index in [2.05, 4.69) is 10.6 Å². The SMILES string of the molecule is Cc1ccc(NC(=O)c2cccc(NC(=O)c3cccc(N)c3)c2)cc1. The van der Waals surface area contributed by atoms with Gasteiger partial charge in [-0.25, -0.2) is 0 Å². The first-order valence-electron chi connectivity index (χ1n) is 8.16. The minimum atomic E-state index is -0.284. The van der Waals surface area contributed by atoms with Gasteiger partial charge in [-0.05, 0) is 55.5 Å². The summed E-state index contributed by atoms with van der Waals surface area (Å²) in [6, 6.07) is 21.0. The molecule has 3 aromatic rings. The maximum Gasteiger partial charge on any atom is 0.255 e. The summed E-state index contributed by atoms with van der Waals surface area (Å²) < 4.78 is 0. The van der Waals surface area contributed by atoms with Crippen LogP contribution in [0.3, 0.4) is 0 Å². The molecule has 3 aromatic carbocycles. The molecule has 0 aliphatic carbocycles. The molecule has 0 heterocycles. The maximum atomic E-state index is 12.4. The highest BCUT2D eigenvalue weighted by atomic mass is 16.2. The Morgan fingerprint density at radius 2 is 1.31 bits per heavy atom. The van der Waals surface area contributed by atoms with Crippen molar-refractivity contribution in [2.24, 2.45) is 0 Å². The van der Waals surface area contributed by atoms with Gasteiger partial charge in [0.15, 0.2) is 0 Å². The zero-order valence-corrected chi connectivity index (χ0v) is 14.3. The average molecular weight is 345 g/mol. The third-order valence-electron chi connectivity index (χ3n) is 3.84. The first-order chi connectivity index (χ1) is 12.5. The number of rotatable bonds is 4. The molecule has 5 heteroatoms. The van der Waals surface area contributed by atoms with Crippen LogP contribution in [0.1, 0.15) is 26.3 Å². The number of nitrogens with one attached hydrogen (secondary N) is 2. The van der Waals surface area contributed by atoms with Crippen LogP contribution in [0, 0.1) is 6.92 Å². The van der Waals surface area contributed by atoms with Crippen LogP contribution in [-0.4, -0.2) is 11.8 Å². The standard InChI is InChI=1S/C21H19N3O2/c1-14-8-10-18(11-9-14)23-21(26)16-5-3-7-19(13-16)24-20(25)15-4-2-6-17(22)12-15/h2-13H,22H2,1H3,(H,23,26)(H,24,25). The van der Waals surface area contributed by atoms with E-state index in [-0.39, 0.29) is 11.8 Å². The fraction of sp³-hybridized carbons (Fsp3) is 0.0476. The Bertz CT molecular complexity index is 949. The van der Waals surface area contributed by atoms with Crippen molar-refractivity contribution in [3.8, 4) is 0 Å². The van der Waals surface area contributed by atoms with Gasteiger partial charge in [-0.15, -0.1) is 0 Å². The molecule has 0 bridgehead atoms. The first kappa shape index (κ1) is 17.2. The van der Waals surface area contributed by atoms with Gasteiger partial charge in [0.1, 0.15) is 0 Å². The second-order valence-corrected chi connectivity index (χ2v) is 5.98. The quantitative estimate of drug-likeness (QED) is 0.623. The number of carbonyl (C=O) groups excluding carboxylic acids is 2. The normalized spacial score (nSPS) is 10.2. The van der Waals surface area contributed by atoms with Gasteiger partial charge in [0, 0.05) is 28.2 Å². The van der Waals surface area contributed by atoms with Crippen molar-refractivity contribution in [3.05, 3.63) is 89.5 Å². The lowest BCUT2D eigenvalue weighted by Crippen LogP contribution is -2.14. The molecule has 0 atom stereocenters. The highest BCUT2D eigenvalue weighted by Gasteiger charge is 2.10. The zero-order chi connectivity index (χ0) is 18.5. The summed E-state index contributed by atoms with van der Waals surface area (Å²) in [7, 11) is 0. The van der Waals surface area contributed by atoms with E-state index in [0.717, 1.165) is 11.3 Å². The Morgan fingerprint density at radius 1 is 0.731 bits per heavy atom. The summed E-state index contributed by atoms with van der Waals surface area (Å²) in [5.74, 6) is -0.526. The zero-order valence-electron chi connectivity index (χ0n) is 14.3. The summed E-state index contributed by atoms with van der Waals surface area (Å²) in [5, 5.41) is 5.61. The van der Waals surface area contributed by atoms with Crippen LogP contribution in [-0.2, 0) is 0 Å². The lowest BCUT2D eigenvalue weighted by atomic mass is 10.1. The van der Waals surface area contributed by atoms with E-state index in [1.807, 2.05) is 31.2 Å². The van der Waals surface area contributed by atoms with Gasteiger partial charge in [-0.3, -0.25) is 9.59 Å². The third kappa shape index (κ3) is 4.27. The fourth-order valence-corrected chi connectivity index (χ4v) is 2.46. The predicted octanol–water partition coefficient (Wildman–Crippen LogP) is 4.08. The lowest BCUT2D eigenvalue weighted by Gasteiger charge is -2.09. The number of hydrogen-bond donors (Lipinski definition) is 3. The second kappa shape index (κ2) is 7.53. The average Bonchev–Trinajstić information content (AvgIpc) is 2.64. The van der Waals surface area contributed by atoms with Crippen molar-refractivity contribution in [2.75, 3.05) is 16.4 Å². The highest BCUT2D eigenvalue weighted by Crippen LogP contribution is 2.16. The van der Waals surface area contributed by atoms with Gasteiger partial charge < -0.3 is 16.4 Å². The number of anilines is 3. The number of benzene rings is 3. The van der Waals surface area contributed by atoms with Crippen molar-refractivity contribution in [2.45, 2.75) is 6.92 Å². The third-order valence-corrected chi connectivity index (χ3v) is 3.84. The Morgan fingerprint density at radius 3 is 1.96 bits per heavy atom. The van der Waals surface area contributed by atoms with E-state index < -0.39 is 0 Å². The number of nitrogens with two attached hydrogens (primary N) is 1. The van der Waals surface area contributed by atoms with Crippen LogP contribution in [0.25, 0.3) is 0 Å². The molecule has 0 aliphatic heterocycles. The van der Waals surface area contributed by atoms with E-state index in [0.29, 0.717) is 22.5 Å². The highest BCUT2D eigenvalue weighted by molar-refractivity contribution is 6.07. The Labute approximate surface area is 151 Å². The molecule has 0 spiro atoms. The number of carbonyl (C=O) groups is 2. The van der Waals surface area contributed by atoms with Gasteiger partial charge in [-0.2, -0.15) is 0 Å². The summed E-state index contributed by atoms with van der Waals surface area (Å²) >= 11 is 0. The number of aryl methyl sites for hydroxylation is 1. The van der Waals surface area contributed by atoms with Crippen LogP contribution >= 0.6 is 0 Å². The molecule has 130 valence electrons.